The van der Waals surface area contributed by atoms with E-state index < -0.39 is 11.4 Å². The fourth-order valence-corrected chi connectivity index (χ4v) is 2.89. The van der Waals surface area contributed by atoms with Crippen LogP contribution >= 0.6 is 0 Å². The largest absolute Gasteiger partial charge is 0.392 e. The minimum absolute atomic E-state index is 0.0917. The van der Waals surface area contributed by atoms with Gasteiger partial charge in [-0.05, 0) is 55.8 Å². The number of nitrogens with zero attached hydrogens (tertiary/aromatic N) is 2. The smallest absolute Gasteiger partial charge is 0.291 e. The predicted octanol–water partition coefficient (Wildman–Crippen LogP) is 3.51. The van der Waals surface area contributed by atoms with Gasteiger partial charge < -0.3 is 10.4 Å². The van der Waals surface area contributed by atoms with Gasteiger partial charge >= 0.3 is 0 Å². The lowest BCUT2D eigenvalue weighted by molar-refractivity contribution is 0.101. The first-order valence-electron chi connectivity index (χ1n) is 8.83. The van der Waals surface area contributed by atoms with Crippen LogP contribution in [-0.4, -0.2) is 20.7 Å². The van der Waals surface area contributed by atoms with Gasteiger partial charge in [0.15, 0.2) is 5.78 Å². The second-order valence-corrected chi connectivity index (χ2v) is 6.26. The minimum Gasteiger partial charge on any atom is -0.392 e. The summed E-state index contributed by atoms with van der Waals surface area (Å²) in [5.74, 6) is -0.735. The molecular weight excluding hydrogens is 361 g/mol. The zero-order valence-electron chi connectivity index (χ0n) is 15.6. The van der Waals surface area contributed by atoms with E-state index in [4.69, 9.17) is 0 Å². The molecule has 0 spiro atoms. The van der Waals surface area contributed by atoms with Gasteiger partial charge in [-0.25, -0.2) is 9.07 Å². The van der Waals surface area contributed by atoms with Gasteiger partial charge in [-0.15, -0.1) is 0 Å². The molecule has 6 nitrogen and oxygen atoms in total. The van der Waals surface area contributed by atoms with Gasteiger partial charge in [0, 0.05) is 17.8 Å². The number of nitrogens with one attached hydrogen (secondary N) is 1. The summed E-state index contributed by atoms with van der Waals surface area (Å²) in [6, 6.07) is 12.5. The summed E-state index contributed by atoms with van der Waals surface area (Å²) in [5.41, 5.74) is 1.99. The number of aryl methyl sites for hydroxylation is 1. The Balaban J connectivity index is 2.21. The van der Waals surface area contributed by atoms with Crippen molar-refractivity contribution in [1.29, 1.82) is 0 Å². The third kappa shape index (κ3) is 3.84. The Kier molecular flexibility index (Phi) is 5.65. The molecule has 0 amide bonds. The normalized spacial score (nSPS) is 10.7. The molecule has 3 aromatic rings. The highest BCUT2D eigenvalue weighted by atomic mass is 19.1. The Bertz CT molecular complexity index is 1060. The maximum Gasteiger partial charge on any atom is 0.291 e. The Morgan fingerprint density at radius 3 is 2.32 bits per heavy atom. The molecule has 3 rings (SSSR count). The molecule has 0 saturated heterocycles. The second-order valence-electron chi connectivity index (χ2n) is 6.26. The summed E-state index contributed by atoms with van der Waals surface area (Å²) in [4.78, 5) is 25.3. The molecule has 0 unspecified atom stereocenters. The van der Waals surface area contributed by atoms with Gasteiger partial charge in [-0.3, -0.25) is 9.59 Å². The van der Waals surface area contributed by atoms with Crippen molar-refractivity contribution < 1.29 is 14.3 Å². The third-order valence-electron chi connectivity index (χ3n) is 4.33. The Morgan fingerprint density at radius 1 is 1.14 bits per heavy atom. The van der Waals surface area contributed by atoms with Crippen molar-refractivity contribution in [2.24, 2.45) is 0 Å². The van der Waals surface area contributed by atoms with Crippen molar-refractivity contribution >= 4 is 17.2 Å². The van der Waals surface area contributed by atoms with Crippen LogP contribution in [0.15, 0.2) is 53.3 Å². The number of aliphatic hydroxyl groups is 1. The Morgan fingerprint density at radius 2 is 1.79 bits per heavy atom. The molecule has 28 heavy (non-hydrogen) atoms. The average molecular weight is 381 g/mol. The zero-order valence-corrected chi connectivity index (χ0v) is 15.6. The monoisotopic (exact) mass is 381 g/mol. The van der Waals surface area contributed by atoms with Crippen molar-refractivity contribution in [3.05, 3.63) is 75.8 Å². The Hall–Kier alpha value is -3.32. The molecule has 0 bridgehead atoms. The number of halogens is 1. The van der Waals surface area contributed by atoms with E-state index in [-0.39, 0.29) is 23.6 Å². The maximum atomic E-state index is 13.3. The topological polar surface area (TPSA) is 84.2 Å². The Labute approximate surface area is 161 Å². The maximum absolute atomic E-state index is 13.3. The molecule has 2 aromatic carbocycles. The number of benzene rings is 2. The van der Waals surface area contributed by atoms with Crippen LogP contribution in [0.1, 0.15) is 29.8 Å². The molecule has 144 valence electrons. The summed E-state index contributed by atoms with van der Waals surface area (Å²) >= 11 is 0. The first-order valence-corrected chi connectivity index (χ1v) is 8.83. The zero-order chi connectivity index (χ0) is 20.3. The molecule has 0 saturated carbocycles. The fraction of sp³-hybridized carbons (Fsp3) is 0.190. The van der Waals surface area contributed by atoms with Crippen molar-refractivity contribution in [3.8, 4) is 11.3 Å². The number of carbonyl (C=O) groups is 1. The summed E-state index contributed by atoms with van der Waals surface area (Å²) < 4.78 is 14.6. The van der Waals surface area contributed by atoms with Crippen LogP contribution in [0, 0.1) is 5.82 Å². The van der Waals surface area contributed by atoms with Crippen molar-refractivity contribution in [2.75, 3.05) is 5.32 Å². The number of anilines is 2. The molecule has 1 heterocycles. The van der Waals surface area contributed by atoms with E-state index >= 15 is 0 Å². The highest BCUT2D eigenvalue weighted by Gasteiger charge is 2.22. The number of carbonyl (C=O) groups excluding carboxylic acids is 1. The number of rotatable bonds is 6. The number of aliphatic hydroxyl groups excluding tert-OH is 1. The van der Waals surface area contributed by atoms with Crippen molar-refractivity contribution in [3.63, 3.8) is 0 Å². The summed E-state index contributed by atoms with van der Waals surface area (Å²) in [6.07, 6.45) is 0. The van der Waals surface area contributed by atoms with Crippen LogP contribution in [0.25, 0.3) is 11.3 Å². The van der Waals surface area contributed by atoms with Crippen LogP contribution in [0.4, 0.5) is 15.8 Å². The number of aromatic nitrogens is 2. The summed E-state index contributed by atoms with van der Waals surface area (Å²) in [6.45, 7) is 3.35. The third-order valence-corrected chi connectivity index (χ3v) is 4.33. The molecule has 0 radical (unpaired) electrons. The van der Waals surface area contributed by atoms with E-state index in [1.165, 1.54) is 35.9 Å². The van der Waals surface area contributed by atoms with Gasteiger partial charge in [-0.1, -0.05) is 12.1 Å². The first kappa shape index (κ1) is 19.4. The van der Waals surface area contributed by atoms with E-state index in [0.29, 0.717) is 23.5 Å². The molecule has 0 atom stereocenters. The van der Waals surface area contributed by atoms with Crippen LogP contribution < -0.4 is 10.9 Å². The summed E-state index contributed by atoms with van der Waals surface area (Å²) in [5, 5.41) is 16.5. The highest BCUT2D eigenvalue weighted by Crippen LogP contribution is 2.28. The molecule has 0 aliphatic carbocycles. The van der Waals surface area contributed by atoms with E-state index in [2.05, 4.69) is 10.4 Å². The van der Waals surface area contributed by atoms with Crippen LogP contribution in [-0.2, 0) is 13.2 Å². The number of Topliss-reactive ketones (excluding diaryl/α,β-unsaturated/α-hetero) is 1. The SMILES string of the molecule is CCn1nc(-c2ccc(F)cc2)c(C(C)=O)c(Nc2ccc(CO)cc2)c1=O. The van der Waals surface area contributed by atoms with Gasteiger partial charge in [0.05, 0.1) is 12.2 Å². The number of ketones is 1. The number of hydrogen-bond acceptors (Lipinski definition) is 5. The quantitative estimate of drug-likeness (QED) is 0.639. The first-order chi connectivity index (χ1) is 13.4. The number of hydrogen-bond donors (Lipinski definition) is 2. The lowest BCUT2D eigenvalue weighted by atomic mass is 10.0. The van der Waals surface area contributed by atoms with E-state index in [1.807, 2.05) is 0 Å². The summed E-state index contributed by atoms with van der Waals surface area (Å²) in [7, 11) is 0. The van der Waals surface area contributed by atoms with Crippen LogP contribution in [0.3, 0.4) is 0 Å². The van der Waals surface area contributed by atoms with Crippen LogP contribution in [0.2, 0.25) is 0 Å². The van der Waals surface area contributed by atoms with E-state index in [1.54, 1.807) is 31.2 Å². The van der Waals surface area contributed by atoms with Gasteiger partial charge in [0.1, 0.15) is 17.2 Å². The molecule has 7 heteroatoms. The molecule has 2 N–H and O–H groups in total. The van der Waals surface area contributed by atoms with E-state index in [0.717, 1.165) is 5.56 Å². The molecule has 0 aliphatic rings. The van der Waals surface area contributed by atoms with Gasteiger partial charge in [-0.2, -0.15) is 5.10 Å². The standard InChI is InChI=1S/C21H20FN3O3/c1-3-25-21(28)20(23-17-10-4-14(12-26)5-11-17)18(13(2)27)19(24-25)15-6-8-16(22)9-7-15/h4-11,23,26H,3,12H2,1-2H3. The lowest BCUT2D eigenvalue weighted by Crippen LogP contribution is -2.28. The van der Waals surface area contributed by atoms with Gasteiger partial charge in [0.2, 0.25) is 0 Å². The molecule has 1 aromatic heterocycles. The van der Waals surface area contributed by atoms with Crippen LogP contribution in [0.5, 0.6) is 0 Å². The van der Waals surface area contributed by atoms with Gasteiger partial charge in [0.25, 0.3) is 5.56 Å². The van der Waals surface area contributed by atoms with Crippen molar-refractivity contribution in [2.45, 2.75) is 27.0 Å². The minimum atomic E-state index is -0.426. The van der Waals surface area contributed by atoms with Crippen molar-refractivity contribution in [1.82, 2.24) is 9.78 Å². The fourth-order valence-electron chi connectivity index (χ4n) is 2.89. The predicted molar refractivity (Wildman–Crippen MR) is 105 cm³/mol. The molecule has 0 fully saturated rings. The highest BCUT2D eigenvalue weighted by molar-refractivity contribution is 6.05. The molecular formula is C21H20FN3O3. The van der Waals surface area contributed by atoms with E-state index in [9.17, 15) is 19.1 Å². The molecule has 0 aliphatic heterocycles. The average Bonchev–Trinajstić information content (AvgIpc) is 2.70. The second kappa shape index (κ2) is 8.14. The lowest BCUT2D eigenvalue weighted by Gasteiger charge is -2.16.